The molecular weight excluding hydrogens is 144 g/mol. The molecule has 0 fully saturated rings. The summed E-state index contributed by atoms with van der Waals surface area (Å²) in [7, 11) is 0. The molecule has 0 saturated carbocycles. The van der Waals surface area contributed by atoms with Gasteiger partial charge in [0.1, 0.15) is 0 Å². The van der Waals surface area contributed by atoms with Gasteiger partial charge in [0.15, 0.2) is 0 Å². The lowest BCUT2D eigenvalue weighted by Crippen LogP contribution is -2.41. The molecule has 0 radical (unpaired) electrons. The summed E-state index contributed by atoms with van der Waals surface area (Å²) in [5, 5.41) is 31.7. The van der Waals surface area contributed by atoms with Crippen LogP contribution < -0.4 is 10.9 Å². The third kappa shape index (κ3) is 7.68. The Balaban J connectivity index is 2.91. The minimum Gasteiger partial charge on any atom is -0.276 e. The normalized spacial score (nSPS) is 11.4. The molecule has 0 rings (SSSR count). The molecule has 0 saturated heterocycles. The van der Waals surface area contributed by atoms with Crippen LogP contribution in [-0.4, -0.2) is 44.6 Å². The molecule has 62 valence electrons. The zero-order valence-electron chi connectivity index (χ0n) is 5.10. The van der Waals surface area contributed by atoms with Crippen molar-refractivity contribution in [2.45, 2.75) is 0 Å². The summed E-state index contributed by atoms with van der Waals surface area (Å²) in [6, 6.07) is 0. The Morgan fingerprint density at radius 1 is 0.800 bits per heavy atom. The van der Waals surface area contributed by atoms with Crippen LogP contribution in [0, 0.1) is 0 Å². The first kappa shape index (κ1) is 9.68. The van der Waals surface area contributed by atoms with E-state index < -0.39 is 0 Å². The Kier molecular flexibility index (Phi) is 5.29. The second kappa shape index (κ2) is 5.46. The van der Waals surface area contributed by atoms with Crippen LogP contribution in [0.25, 0.3) is 0 Å². The third-order valence-corrected chi connectivity index (χ3v) is 0.631. The van der Waals surface area contributed by atoms with Crippen molar-refractivity contribution in [3.63, 3.8) is 0 Å². The van der Waals surface area contributed by atoms with Crippen molar-refractivity contribution in [2.75, 3.05) is 13.1 Å². The molecule has 0 atom stereocenters. The molecule has 0 heterocycles. The van der Waals surface area contributed by atoms with Crippen LogP contribution in [0.2, 0.25) is 0 Å². The Morgan fingerprint density at radius 3 is 1.30 bits per heavy atom. The monoisotopic (exact) mass is 154 g/mol. The highest BCUT2D eigenvalue weighted by Gasteiger charge is 1.92. The quantitative estimate of drug-likeness (QED) is 0.202. The molecule has 0 aromatic heterocycles. The fourth-order valence-corrected chi connectivity index (χ4v) is 0.312. The molecule has 0 aliphatic carbocycles. The molecule has 0 spiro atoms. The smallest absolute Gasteiger partial charge is 0.0289 e. The van der Waals surface area contributed by atoms with E-state index in [1.807, 2.05) is 10.9 Å². The number of rotatable bonds is 5. The largest absolute Gasteiger partial charge is 0.276 e. The first-order valence-electron chi connectivity index (χ1n) is 2.45. The summed E-state index contributed by atoms with van der Waals surface area (Å²) >= 11 is 0. The molecule has 0 aliphatic heterocycles. The van der Waals surface area contributed by atoms with Gasteiger partial charge in [-0.15, -0.1) is 0 Å². The number of hydrogen-bond donors (Lipinski definition) is 6. The molecular formula is C2H10N4O4. The molecule has 8 heteroatoms. The molecule has 0 amide bonds. The van der Waals surface area contributed by atoms with Crippen molar-refractivity contribution in [1.82, 2.24) is 21.5 Å². The maximum atomic E-state index is 8.03. The Morgan fingerprint density at radius 2 is 1.10 bits per heavy atom. The first-order chi connectivity index (χ1) is 4.63. The van der Waals surface area contributed by atoms with Gasteiger partial charge < -0.3 is 0 Å². The predicted molar refractivity (Wildman–Crippen MR) is 26.8 cm³/mol. The van der Waals surface area contributed by atoms with E-state index in [0.29, 0.717) is 0 Å². The van der Waals surface area contributed by atoms with Crippen LogP contribution in [0.1, 0.15) is 0 Å². The average molecular weight is 154 g/mol. The Hall–Kier alpha value is -0.320. The van der Waals surface area contributed by atoms with Gasteiger partial charge in [-0.25, -0.2) is 10.9 Å². The van der Waals surface area contributed by atoms with Crippen LogP contribution in [-0.2, 0) is 0 Å². The molecule has 0 unspecified atom stereocenters. The predicted octanol–water partition coefficient (Wildman–Crippen LogP) is -1.84. The fraction of sp³-hybridized carbons (Fsp3) is 1.00. The molecule has 0 aromatic carbocycles. The lowest BCUT2D eigenvalue weighted by Gasteiger charge is -2.09. The summed E-state index contributed by atoms with van der Waals surface area (Å²) in [5.41, 5.74) is 4.07. The molecule has 10 heavy (non-hydrogen) atoms. The van der Waals surface area contributed by atoms with E-state index in [4.69, 9.17) is 20.8 Å². The number of hydrogen-bond acceptors (Lipinski definition) is 8. The molecule has 6 N–H and O–H groups in total. The zero-order valence-corrected chi connectivity index (χ0v) is 5.10. The first-order valence-corrected chi connectivity index (χ1v) is 2.45. The van der Waals surface area contributed by atoms with E-state index in [2.05, 4.69) is 0 Å². The maximum absolute atomic E-state index is 8.03. The van der Waals surface area contributed by atoms with E-state index in [9.17, 15) is 0 Å². The fourth-order valence-electron chi connectivity index (χ4n) is 0.312. The average Bonchev–Trinajstić information content (AvgIpc) is 1.79. The van der Waals surface area contributed by atoms with Crippen molar-refractivity contribution in [1.29, 1.82) is 0 Å². The Bertz CT molecular complexity index is 67.7. The lowest BCUT2D eigenvalue weighted by molar-refractivity contribution is -0.350. The number of nitrogens with one attached hydrogen (secondary N) is 2. The Labute approximate surface area is 56.7 Å². The lowest BCUT2D eigenvalue weighted by atomic mass is 10.7. The molecule has 0 aliphatic rings. The number of nitrogens with zero attached hydrogens (tertiary/aromatic N) is 2. The molecule has 8 nitrogen and oxygen atoms in total. The summed E-state index contributed by atoms with van der Waals surface area (Å²) in [6.07, 6.45) is 0. The van der Waals surface area contributed by atoms with Crippen molar-refractivity contribution in [3.05, 3.63) is 0 Å². The highest BCUT2D eigenvalue weighted by Crippen LogP contribution is 1.63. The van der Waals surface area contributed by atoms with Gasteiger partial charge in [-0.05, 0) is 0 Å². The van der Waals surface area contributed by atoms with Crippen LogP contribution in [0.3, 0.4) is 0 Å². The standard InChI is InChI=1S/C2H10N4O4/c7-5(8)3-1-2-4-6(9)10/h3-4,7-10H,1-2H2. The topological polar surface area (TPSA) is 111 Å². The minimum absolute atomic E-state index is 0.130. The minimum atomic E-state index is -0.221. The van der Waals surface area contributed by atoms with Gasteiger partial charge in [-0.1, -0.05) is 0 Å². The summed E-state index contributed by atoms with van der Waals surface area (Å²) in [6.45, 7) is 0.259. The van der Waals surface area contributed by atoms with E-state index in [1.165, 1.54) is 0 Å². The van der Waals surface area contributed by atoms with Crippen LogP contribution in [0.5, 0.6) is 0 Å². The summed E-state index contributed by atoms with van der Waals surface area (Å²) in [4.78, 5) is 0. The van der Waals surface area contributed by atoms with Crippen LogP contribution >= 0.6 is 0 Å². The summed E-state index contributed by atoms with van der Waals surface area (Å²) < 4.78 is 0. The van der Waals surface area contributed by atoms with Crippen molar-refractivity contribution < 1.29 is 20.8 Å². The third-order valence-electron chi connectivity index (χ3n) is 0.631. The van der Waals surface area contributed by atoms with E-state index in [1.54, 1.807) is 0 Å². The van der Waals surface area contributed by atoms with Crippen molar-refractivity contribution in [2.24, 2.45) is 0 Å². The van der Waals surface area contributed by atoms with Gasteiger partial charge in [-0.2, -0.15) is 0 Å². The van der Waals surface area contributed by atoms with Gasteiger partial charge in [0.05, 0.1) is 0 Å². The highest BCUT2D eigenvalue weighted by atomic mass is 16.8. The molecule has 0 aromatic rings. The van der Waals surface area contributed by atoms with Crippen LogP contribution in [0.15, 0.2) is 0 Å². The van der Waals surface area contributed by atoms with E-state index in [0.717, 1.165) is 0 Å². The van der Waals surface area contributed by atoms with Gasteiger partial charge >= 0.3 is 0 Å². The summed E-state index contributed by atoms with van der Waals surface area (Å²) in [5.74, 6) is 0. The highest BCUT2D eigenvalue weighted by molar-refractivity contribution is 4.36. The van der Waals surface area contributed by atoms with E-state index in [-0.39, 0.29) is 23.8 Å². The second-order valence-corrected chi connectivity index (χ2v) is 1.40. The molecule has 0 bridgehead atoms. The zero-order chi connectivity index (χ0) is 7.98. The SMILES string of the molecule is ON(O)NCCNN(O)O. The maximum Gasteiger partial charge on any atom is 0.0289 e. The van der Waals surface area contributed by atoms with Crippen LogP contribution in [0.4, 0.5) is 0 Å². The van der Waals surface area contributed by atoms with E-state index >= 15 is 0 Å². The van der Waals surface area contributed by atoms with Crippen molar-refractivity contribution in [3.8, 4) is 0 Å². The van der Waals surface area contributed by atoms with Gasteiger partial charge in [0.25, 0.3) is 0 Å². The van der Waals surface area contributed by atoms with Crippen molar-refractivity contribution >= 4 is 0 Å². The second-order valence-electron chi connectivity index (χ2n) is 1.40. The number of hydrazine groups is 2. The van der Waals surface area contributed by atoms with Gasteiger partial charge in [-0.3, -0.25) is 20.8 Å². The van der Waals surface area contributed by atoms with Gasteiger partial charge in [0.2, 0.25) is 0 Å². The van der Waals surface area contributed by atoms with Gasteiger partial charge in [0, 0.05) is 23.8 Å².